The zero-order chi connectivity index (χ0) is 15.1. The molecule has 102 valence electrons. The Kier molecular flexibility index (Phi) is 6.47. The number of carbonyl (C=O) groups is 1. The zero-order valence-corrected chi connectivity index (χ0v) is 10.2. The first-order chi connectivity index (χ1) is 8.65. The molecule has 1 aromatic carbocycles. The second-order valence-corrected chi connectivity index (χ2v) is 4.07. The molecule has 0 amide bonds. The van der Waals surface area contributed by atoms with Gasteiger partial charge in [-0.3, -0.25) is 0 Å². The molecule has 8 nitrogen and oxygen atoms in total. The van der Waals surface area contributed by atoms with Gasteiger partial charge in [0.25, 0.3) is 0 Å². The van der Waals surface area contributed by atoms with Gasteiger partial charge in [0.05, 0.1) is 0 Å². The van der Waals surface area contributed by atoms with E-state index < -0.39 is 19.4 Å². The summed E-state index contributed by atoms with van der Waals surface area (Å²) in [7, 11) is -4.64. The second kappa shape index (κ2) is 7.31. The quantitative estimate of drug-likeness (QED) is 0.298. The largest absolute Gasteiger partial charge is 0.507 e. The molecule has 0 aliphatic rings. The van der Waals surface area contributed by atoms with Crippen molar-refractivity contribution in [2.24, 2.45) is 0 Å². The maximum Gasteiger partial charge on any atom is 0.466 e. The number of rotatable bonds is 2. The summed E-state index contributed by atoms with van der Waals surface area (Å²) in [5.74, 6) is -1.36. The number of phenolic OH excluding ortho intramolecular Hbond substituents is 1. The minimum atomic E-state index is -4.64. The maximum atomic E-state index is 10.5. The van der Waals surface area contributed by atoms with Crippen LogP contribution in [-0.4, -0.2) is 30.9 Å². The number of nitriles is 1. The molecular formula is C10H10NO7P. The van der Waals surface area contributed by atoms with Gasteiger partial charge in [0.1, 0.15) is 17.4 Å². The lowest BCUT2D eigenvalue weighted by molar-refractivity contribution is -0.132. The van der Waals surface area contributed by atoms with E-state index in [-0.39, 0.29) is 5.75 Å². The van der Waals surface area contributed by atoms with Crippen LogP contribution < -0.4 is 0 Å². The standard InChI is InChI=1S/C10H7NO3.H3O4P/c11-6-8(10(13)14)5-7-3-1-2-4-9(7)12;1-5(2,3)4/h1-5,12H,(H,13,14);(H3,1,2,3,4)/b8-5+;. The molecule has 5 N–H and O–H groups in total. The van der Waals surface area contributed by atoms with Crippen molar-refractivity contribution >= 4 is 19.9 Å². The zero-order valence-electron chi connectivity index (χ0n) is 9.33. The molecule has 9 heteroatoms. The number of carboxylic acids is 1. The van der Waals surface area contributed by atoms with Crippen LogP contribution in [-0.2, 0) is 9.36 Å². The van der Waals surface area contributed by atoms with Crippen LogP contribution in [0.5, 0.6) is 5.75 Å². The summed E-state index contributed by atoms with van der Waals surface area (Å²) >= 11 is 0. The van der Waals surface area contributed by atoms with Crippen LogP contribution in [0.1, 0.15) is 5.56 Å². The van der Waals surface area contributed by atoms with Crippen LogP contribution >= 0.6 is 7.82 Å². The number of aromatic hydroxyl groups is 1. The van der Waals surface area contributed by atoms with Crippen molar-refractivity contribution < 1.29 is 34.3 Å². The van der Waals surface area contributed by atoms with E-state index in [4.69, 9.17) is 29.6 Å². The van der Waals surface area contributed by atoms with Gasteiger partial charge in [-0.1, -0.05) is 18.2 Å². The van der Waals surface area contributed by atoms with Gasteiger partial charge in [0, 0.05) is 5.56 Å². The summed E-state index contributed by atoms with van der Waals surface area (Å²) in [6, 6.07) is 7.72. The fourth-order valence-corrected chi connectivity index (χ4v) is 0.907. The van der Waals surface area contributed by atoms with Crippen molar-refractivity contribution in [3.8, 4) is 11.8 Å². The number of phosphoric acid groups is 1. The summed E-state index contributed by atoms with van der Waals surface area (Å²) in [5, 5.41) is 26.3. The predicted octanol–water partition coefficient (Wildman–Crippen LogP) is 0.455. The first-order valence-electron chi connectivity index (χ1n) is 4.56. The Morgan fingerprint density at radius 3 is 2.11 bits per heavy atom. The Hall–Kier alpha value is -2.17. The van der Waals surface area contributed by atoms with E-state index in [2.05, 4.69) is 0 Å². The molecule has 0 atom stereocenters. The van der Waals surface area contributed by atoms with E-state index in [1.54, 1.807) is 12.1 Å². The Balaban J connectivity index is 0.000000555. The molecule has 0 radical (unpaired) electrons. The highest BCUT2D eigenvalue weighted by Crippen LogP contribution is 2.25. The van der Waals surface area contributed by atoms with Gasteiger partial charge < -0.3 is 24.9 Å². The van der Waals surface area contributed by atoms with Crippen LogP contribution in [0.25, 0.3) is 6.08 Å². The van der Waals surface area contributed by atoms with E-state index in [1.807, 2.05) is 0 Å². The smallest absolute Gasteiger partial charge is 0.466 e. The van der Waals surface area contributed by atoms with E-state index in [1.165, 1.54) is 18.2 Å². The Bertz CT molecular complexity index is 561. The predicted molar refractivity (Wildman–Crippen MR) is 63.6 cm³/mol. The molecule has 0 fully saturated rings. The van der Waals surface area contributed by atoms with Crippen LogP contribution in [0, 0.1) is 11.3 Å². The van der Waals surface area contributed by atoms with Crippen LogP contribution in [0.3, 0.4) is 0 Å². The van der Waals surface area contributed by atoms with E-state index in [0.717, 1.165) is 6.08 Å². The van der Waals surface area contributed by atoms with Gasteiger partial charge in [-0.05, 0) is 12.1 Å². The number of aliphatic carboxylic acids is 1. The molecule has 19 heavy (non-hydrogen) atoms. The topological polar surface area (TPSA) is 159 Å². The fourth-order valence-electron chi connectivity index (χ4n) is 0.907. The molecule has 0 unspecified atom stereocenters. The molecule has 0 saturated heterocycles. The van der Waals surface area contributed by atoms with Crippen LogP contribution in [0.2, 0.25) is 0 Å². The van der Waals surface area contributed by atoms with Gasteiger partial charge in [-0.2, -0.15) is 5.26 Å². The van der Waals surface area contributed by atoms with Gasteiger partial charge in [0.15, 0.2) is 0 Å². The van der Waals surface area contributed by atoms with Crippen molar-refractivity contribution in [2.75, 3.05) is 0 Å². The lowest BCUT2D eigenvalue weighted by atomic mass is 10.1. The van der Waals surface area contributed by atoms with Crippen molar-refractivity contribution in [1.82, 2.24) is 0 Å². The average Bonchev–Trinajstić information content (AvgIpc) is 2.25. The molecule has 0 heterocycles. The first-order valence-corrected chi connectivity index (χ1v) is 6.13. The van der Waals surface area contributed by atoms with Gasteiger partial charge in [-0.25, -0.2) is 9.36 Å². The van der Waals surface area contributed by atoms with E-state index in [9.17, 15) is 9.90 Å². The van der Waals surface area contributed by atoms with Crippen LogP contribution in [0.4, 0.5) is 0 Å². The molecule has 0 aliphatic heterocycles. The molecule has 0 saturated carbocycles. The van der Waals surface area contributed by atoms with Gasteiger partial charge in [-0.15, -0.1) is 0 Å². The summed E-state index contributed by atoms with van der Waals surface area (Å²) in [5.41, 5.74) is -0.0991. The number of hydrogen-bond donors (Lipinski definition) is 5. The molecule has 0 aromatic heterocycles. The van der Waals surface area contributed by atoms with Crippen molar-refractivity contribution in [3.05, 3.63) is 35.4 Å². The lowest BCUT2D eigenvalue weighted by Gasteiger charge is -1.97. The Morgan fingerprint density at radius 2 is 1.74 bits per heavy atom. The third-order valence-electron chi connectivity index (χ3n) is 1.59. The number of nitrogens with zero attached hydrogens (tertiary/aromatic N) is 1. The monoisotopic (exact) mass is 287 g/mol. The minimum Gasteiger partial charge on any atom is -0.507 e. The second-order valence-electron chi connectivity index (χ2n) is 3.05. The summed E-state index contributed by atoms with van der Waals surface area (Å²) in [6.07, 6.45) is 1.12. The number of benzene rings is 1. The Morgan fingerprint density at radius 1 is 1.26 bits per heavy atom. The van der Waals surface area contributed by atoms with E-state index in [0.29, 0.717) is 5.56 Å². The number of carboxylic acid groups (broad SMARTS) is 1. The molecule has 0 bridgehead atoms. The van der Waals surface area contributed by atoms with E-state index >= 15 is 0 Å². The third-order valence-corrected chi connectivity index (χ3v) is 1.59. The Labute approximate surface area is 107 Å². The summed E-state index contributed by atoms with van der Waals surface area (Å²) in [4.78, 5) is 32.0. The number of phenols is 1. The van der Waals surface area contributed by atoms with Gasteiger partial charge in [0.2, 0.25) is 0 Å². The third kappa shape index (κ3) is 8.54. The molecule has 0 spiro atoms. The number of hydrogen-bond acceptors (Lipinski definition) is 4. The van der Waals surface area contributed by atoms with Crippen molar-refractivity contribution in [3.63, 3.8) is 0 Å². The first kappa shape index (κ1) is 16.8. The van der Waals surface area contributed by atoms with Gasteiger partial charge >= 0.3 is 13.8 Å². The molecule has 1 aromatic rings. The highest BCUT2D eigenvalue weighted by atomic mass is 31.2. The van der Waals surface area contributed by atoms with Crippen LogP contribution in [0.15, 0.2) is 29.8 Å². The summed E-state index contributed by atoms with van der Waals surface area (Å²) in [6.45, 7) is 0. The molecule has 0 aliphatic carbocycles. The SMILES string of the molecule is N#C/C(=C\c1ccccc1O)C(=O)O.O=P(O)(O)O. The highest BCUT2D eigenvalue weighted by molar-refractivity contribution is 7.45. The van der Waals surface area contributed by atoms with Crippen molar-refractivity contribution in [1.29, 1.82) is 5.26 Å². The maximum absolute atomic E-state index is 10.5. The molecule has 1 rings (SSSR count). The van der Waals surface area contributed by atoms with Crippen molar-refractivity contribution in [2.45, 2.75) is 0 Å². The highest BCUT2D eigenvalue weighted by Gasteiger charge is 2.06. The molecular weight excluding hydrogens is 277 g/mol. The number of para-hydroxylation sites is 1. The average molecular weight is 287 g/mol. The normalized spacial score (nSPS) is 10.9. The summed E-state index contributed by atoms with van der Waals surface area (Å²) < 4.78 is 8.88. The minimum absolute atomic E-state index is 0.0542. The lowest BCUT2D eigenvalue weighted by Crippen LogP contribution is -1.97. The fraction of sp³-hybridized carbons (Fsp3) is 0.